The lowest BCUT2D eigenvalue weighted by molar-refractivity contribution is -0.121. The maximum atomic E-state index is 11.8. The lowest BCUT2D eigenvalue weighted by Gasteiger charge is -2.23. The van der Waals surface area contributed by atoms with Crippen molar-refractivity contribution in [3.8, 4) is 0 Å². The number of likely N-dealkylation sites (tertiary alicyclic amines) is 1. The molecule has 0 radical (unpaired) electrons. The fourth-order valence-corrected chi connectivity index (χ4v) is 3.65. The Kier molecular flexibility index (Phi) is 10.8. The zero-order valence-electron chi connectivity index (χ0n) is 17.5. The van der Waals surface area contributed by atoms with Gasteiger partial charge in [0.2, 0.25) is 5.91 Å². The minimum absolute atomic E-state index is 0. The van der Waals surface area contributed by atoms with E-state index in [1.807, 2.05) is 0 Å². The van der Waals surface area contributed by atoms with Gasteiger partial charge in [-0.05, 0) is 51.1 Å². The average Bonchev–Trinajstić information content (AvgIpc) is 3.41. The third kappa shape index (κ3) is 8.90. The van der Waals surface area contributed by atoms with Crippen molar-refractivity contribution in [2.45, 2.75) is 64.1 Å². The van der Waals surface area contributed by atoms with Gasteiger partial charge in [0, 0.05) is 38.1 Å². The van der Waals surface area contributed by atoms with Gasteiger partial charge < -0.3 is 16.0 Å². The molecule has 1 atom stereocenters. The molecule has 0 aromatic heterocycles. The highest BCUT2D eigenvalue weighted by atomic mass is 127. The average molecular weight is 513 g/mol. The largest absolute Gasteiger partial charge is 0.357 e. The molecule has 0 spiro atoms. The van der Waals surface area contributed by atoms with Gasteiger partial charge in [-0.15, -0.1) is 24.0 Å². The van der Waals surface area contributed by atoms with Gasteiger partial charge in [-0.2, -0.15) is 0 Å². The highest BCUT2D eigenvalue weighted by Gasteiger charge is 2.24. The predicted molar refractivity (Wildman–Crippen MR) is 130 cm³/mol. The van der Waals surface area contributed by atoms with Crippen LogP contribution in [-0.4, -0.2) is 55.0 Å². The molecule has 1 aromatic rings. The molecule has 3 N–H and O–H groups in total. The van der Waals surface area contributed by atoms with Crippen LogP contribution in [0.25, 0.3) is 0 Å². The van der Waals surface area contributed by atoms with Crippen LogP contribution in [0.3, 0.4) is 0 Å². The van der Waals surface area contributed by atoms with E-state index in [2.05, 4.69) is 58.1 Å². The molecule has 29 heavy (non-hydrogen) atoms. The highest BCUT2D eigenvalue weighted by molar-refractivity contribution is 14.0. The van der Waals surface area contributed by atoms with Crippen LogP contribution in [0.4, 0.5) is 0 Å². The first-order valence-corrected chi connectivity index (χ1v) is 10.8. The summed E-state index contributed by atoms with van der Waals surface area (Å²) in [6.07, 6.45) is 6.14. The number of nitrogens with one attached hydrogen (secondary N) is 3. The number of aliphatic imine (C=N–C) groups is 1. The number of rotatable bonds is 10. The van der Waals surface area contributed by atoms with Crippen molar-refractivity contribution < 1.29 is 4.79 Å². The first-order chi connectivity index (χ1) is 13.7. The first kappa shape index (κ1) is 23.9. The van der Waals surface area contributed by atoms with Gasteiger partial charge in [0.05, 0.1) is 6.54 Å². The summed E-state index contributed by atoms with van der Waals surface area (Å²) in [7, 11) is 0. The van der Waals surface area contributed by atoms with Gasteiger partial charge in [-0.3, -0.25) is 14.7 Å². The SMILES string of the molecule is CCNC(=NCC1CCCN1Cc1ccccc1)NCCCC(=O)NC1CC1.I. The Balaban J connectivity index is 0.00000300. The fraction of sp³-hybridized carbons (Fsp3) is 0.636. The van der Waals surface area contributed by atoms with E-state index in [0.29, 0.717) is 18.5 Å². The van der Waals surface area contributed by atoms with Crippen molar-refractivity contribution >= 4 is 35.8 Å². The Morgan fingerprint density at radius 1 is 1.17 bits per heavy atom. The zero-order chi connectivity index (χ0) is 19.6. The van der Waals surface area contributed by atoms with Crippen LogP contribution >= 0.6 is 24.0 Å². The second kappa shape index (κ2) is 13.1. The molecule has 6 nitrogen and oxygen atoms in total. The summed E-state index contributed by atoms with van der Waals surface area (Å²) in [5.74, 6) is 1.03. The monoisotopic (exact) mass is 513 g/mol. The fourth-order valence-electron chi connectivity index (χ4n) is 3.65. The molecule has 1 unspecified atom stereocenters. The summed E-state index contributed by atoms with van der Waals surface area (Å²) < 4.78 is 0. The summed E-state index contributed by atoms with van der Waals surface area (Å²) >= 11 is 0. The summed E-state index contributed by atoms with van der Waals surface area (Å²) in [6.45, 7) is 6.65. The molecule has 1 saturated heterocycles. The van der Waals surface area contributed by atoms with E-state index in [4.69, 9.17) is 4.99 Å². The molecule has 7 heteroatoms. The van der Waals surface area contributed by atoms with E-state index in [9.17, 15) is 4.79 Å². The van der Waals surface area contributed by atoms with Gasteiger partial charge in [-0.1, -0.05) is 30.3 Å². The molecule has 1 heterocycles. The predicted octanol–water partition coefficient (Wildman–Crippen LogP) is 2.88. The van der Waals surface area contributed by atoms with Crippen molar-refractivity contribution in [3.63, 3.8) is 0 Å². The number of nitrogens with zero attached hydrogens (tertiary/aromatic N) is 2. The maximum absolute atomic E-state index is 11.8. The van der Waals surface area contributed by atoms with E-state index >= 15 is 0 Å². The molecule has 1 amide bonds. The summed E-state index contributed by atoms with van der Waals surface area (Å²) in [5, 5.41) is 9.73. The number of halogens is 1. The summed E-state index contributed by atoms with van der Waals surface area (Å²) in [4.78, 5) is 19.1. The van der Waals surface area contributed by atoms with Crippen LogP contribution in [0.1, 0.15) is 51.0 Å². The van der Waals surface area contributed by atoms with Crippen LogP contribution in [0.2, 0.25) is 0 Å². The Labute approximate surface area is 192 Å². The topological polar surface area (TPSA) is 68.8 Å². The normalized spacial score (nSPS) is 19.5. The molecule has 2 fully saturated rings. The van der Waals surface area contributed by atoms with Crippen LogP contribution in [0.5, 0.6) is 0 Å². The summed E-state index contributed by atoms with van der Waals surface area (Å²) in [5.41, 5.74) is 1.37. The molecule has 1 aromatic carbocycles. The number of carbonyl (C=O) groups excluding carboxylic acids is 1. The molecule has 3 rings (SSSR count). The third-order valence-corrected chi connectivity index (χ3v) is 5.35. The Hall–Kier alpha value is -1.35. The number of guanidine groups is 1. The number of amides is 1. The smallest absolute Gasteiger partial charge is 0.220 e. The molecule has 2 aliphatic rings. The minimum Gasteiger partial charge on any atom is -0.357 e. The van der Waals surface area contributed by atoms with Gasteiger partial charge in [0.15, 0.2) is 5.96 Å². The molecule has 162 valence electrons. The number of hydrogen-bond acceptors (Lipinski definition) is 3. The standard InChI is InChI=1S/C22H35N5O.HI/c1-2-23-22(24-14-6-11-21(28)26-19-12-13-19)25-16-20-10-7-15-27(20)17-18-8-4-3-5-9-18;/h3-5,8-9,19-20H,2,6-7,10-17H2,1H3,(H,26,28)(H2,23,24,25);1H. The van der Waals surface area contributed by atoms with Crippen LogP contribution < -0.4 is 16.0 Å². The molecular weight excluding hydrogens is 477 g/mol. The molecule has 1 aliphatic carbocycles. The molecule has 0 bridgehead atoms. The van der Waals surface area contributed by atoms with Gasteiger partial charge in [0.1, 0.15) is 0 Å². The maximum Gasteiger partial charge on any atom is 0.220 e. The molecular formula is C22H36IN5O. The van der Waals surface area contributed by atoms with E-state index in [1.165, 1.54) is 18.4 Å². The Morgan fingerprint density at radius 3 is 2.69 bits per heavy atom. The van der Waals surface area contributed by atoms with Crippen molar-refractivity contribution in [1.29, 1.82) is 0 Å². The van der Waals surface area contributed by atoms with E-state index in [-0.39, 0.29) is 29.9 Å². The first-order valence-electron chi connectivity index (χ1n) is 10.8. The zero-order valence-corrected chi connectivity index (χ0v) is 19.9. The lowest BCUT2D eigenvalue weighted by atomic mass is 10.2. The molecule has 1 aliphatic heterocycles. The highest BCUT2D eigenvalue weighted by Crippen LogP contribution is 2.20. The summed E-state index contributed by atoms with van der Waals surface area (Å²) in [6, 6.07) is 11.6. The van der Waals surface area contributed by atoms with Crippen LogP contribution in [0, 0.1) is 0 Å². The van der Waals surface area contributed by atoms with Crippen molar-refractivity contribution in [3.05, 3.63) is 35.9 Å². The number of benzene rings is 1. The van der Waals surface area contributed by atoms with Gasteiger partial charge >= 0.3 is 0 Å². The quantitative estimate of drug-likeness (QED) is 0.195. The second-order valence-electron chi connectivity index (χ2n) is 7.84. The Bertz CT molecular complexity index is 635. The van der Waals surface area contributed by atoms with Crippen molar-refractivity contribution in [1.82, 2.24) is 20.9 Å². The van der Waals surface area contributed by atoms with Gasteiger partial charge in [-0.25, -0.2) is 0 Å². The third-order valence-electron chi connectivity index (χ3n) is 5.35. The van der Waals surface area contributed by atoms with E-state index in [0.717, 1.165) is 57.9 Å². The van der Waals surface area contributed by atoms with Crippen molar-refractivity contribution in [2.24, 2.45) is 4.99 Å². The Morgan fingerprint density at radius 2 is 1.97 bits per heavy atom. The van der Waals surface area contributed by atoms with Crippen LogP contribution in [0.15, 0.2) is 35.3 Å². The van der Waals surface area contributed by atoms with E-state index in [1.54, 1.807) is 0 Å². The number of carbonyl (C=O) groups is 1. The van der Waals surface area contributed by atoms with Gasteiger partial charge in [0.25, 0.3) is 0 Å². The minimum atomic E-state index is 0. The second-order valence-corrected chi connectivity index (χ2v) is 7.84. The van der Waals surface area contributed by atoms with E-state index < -0.39 is 0 Å². The number of hydrogen-bond donors (Lipinski definition) is 3. The lowest BCUT2D eigenvalue weighted by Crippen LogP contribution is -2.39. The molecule has 1 saturated carbocycles. The van der Waals surface area contributed by atoms with Crippen LogP contribution in [-0.2, 0) is 11.3 Å². The van der Waals surface area contributed by atoms with Crippen molar-refractivity contribution in [2.75, 3.05) is 26.2 Å².